The second-order valence-corrected chi connectivity index (χ2v) is 4.28. The zero-order valence-corrected chi connectivity index (χ0v) is 11.1. The molecule has 0 atom stereocenters. The van der Waals surface area contributed by atoms with Gasteiger partial charge in [-0.3, -0.25) is 0 Å². The summed E-state index contributed by atoms with van der Waals surface area (Å²) in [5.41, 5.74) is 0.437. The zero-order valence-electron chi connectivity index (χ0n) is 11.1. The minimum Gasteiger partial charge on any atom is -0.465 e. The van der Waals surface area contributed by atoms with Crippen molar-refractivity contribution in [3.63, 3.8) is 0 Å². The maximum Gasteiger partial charge on any atom is 0.340 e. The number of esters is 1. The van der Waals surface area contributed by atoms with Crippen LogP contribution in [0.5, 0.6) is 0 Å². The number of benzene rings is 2. The van der Waals surface area contributed by atoms with Crippen LogP contribution in [0.25, 0.3) is 0 Å². The van der Waals surface area contributed by atoms with Crippen molar-refractivity contribution in [1.29, 1.82) is 0 Å². The third kappa shape index (κ3) is 3.53. The molecule has 0 radical (unpaired) electrons. The fourth-order valence-electron chi connectivity index (χ4n) is 1.77. The van der Waals surface area contributed by atoms with Gasteiger partial charge in [-0.05, 0) is 29.8 Å². The van der Waals surface area contributed by atoms with E-state index in [1.165, 1.54) is 18.2 Å². The number of ether oxygens (including phenoxy) is 1. The molecule has 0 spiro atoms. The summed E-state index contributed by atoms with van der Waals surface area (Å²) in [6.45, 7) is 0.126. The van der Waals surface area contributed by atoms with E-state index in [1.807, 2.05) is 0 Å². The summed E-state index contributed by atoms with van der Waals surface area (Å²) in [4.78, 5) is 11.2. The Morgan fingerprint density at radius 1 is 1.10 bits per heavy atom. The minimum absolute atomic E-state index is 0.105. The summed E-state index contributed by atoms with van der Waals surface area (Å²) in [6.07, 6.45) is 0. The minimum atomic E-state index is -0.767. The summed E-state index contributed by atoms with van der Waals surface area (Å²) >= 11 is 0. The third-order valence-electron chi connectivity index (χ3n) is 2.85. The van der Waals surface area contributed by atoms with Crippen LogP contribution >= 0.6 is 0 Å². The maximum absolute atomic E-state index is 13.7. The largest absolute Gasteiger partial charge is 0.465 e. The Bertz CT molecular complexity index is 674. The van der Waals surface area contributed by atoms with Crippen molar-refractivity contribution >= 4 is 11.7 Å². The van der Waals surface area contributed by atoms with Gasteiger partial charge in [0.25, 0.3) is 0 Å². The lowest BCUT2D eigenvalue weighted by atomic mass is 10.1. The van der Waals surface area contributed by atoms with Crippen molar-refractivity contribution in [1.82, 2.24) is 0 Å². The van der Waals surface area contributed by atoms with E-state index >= 15 is 0 Å². The van der Waals surface area contributed by atoms with E-state index < -0.39 is 23.4 Å². The van der Waals surface area contributed by atoms with Crippen LogP contribution in [0.2, 0.25) is 0 Å². The molecule has 0 heterocycles. The monoisotopic (exact) mass is 295 g/mol. The molecule has 2 rings (SSSR count). The number of anilines is 1. The average Bonchev–Trinajstić information content (AvgIpc) is 2.45. The van der Waals surface area contributed by atoms with E-state index in [0.717, 1.165) is 25.3 Å². The number of methoxy groups -OCH3 is 1. The number of rotatable bonds is 4. The second kappa shape index (κ2) is 6.30. The lowest BCUT2D eigenvalue weighted by molar-refractivity contribution is 0.0595. The van der Waals surface area contributed by atoms with Crippen molar-refractivity contribution in [3.8, 4) is 0 Å². The molecular weight excluding hydrogens is 283 g/mol. The van der Waals surface area contributed by atoms with Gasteiger partial charge in [0.05, 0.1) is 18.4 Å². The first-order valence-electron chi connectivity index (χ1n) is 6.07. The predicted octanol–water partition coefficient (Wildman–Crippen LogP) is 3.50. The number of nitrogens with one attached hydrogen (secondary N) is 1. The molecule has 0 saturated carbocycles. The Hall–Kier alpha value is -2.50. The van der Waals surface area contributed by atoms with Crippen molar-refractivity contribution < 1.29 is 22.7 Å². The molecule has 0 saturated heterocycles. The number of hydrogen-bond donors (Lipinski definition) is 1. The second-order valence-electron chi connectivity index (χ2n) is 4.28. The zero-order chi connectivity index (χ0) is 15.4. The van der Waals surface area contributed by atoms with Gasteiger partial charge in [0.2, 0.25) is 0 Å². The molecule has 0 aliphatic carbocycles. The highest BCUT2D eigenvalue weighted by Crippen LogP contribution is 2.17. The molecule has 0 unspecified atom stereocenters. The summed E-state index contributed by atoms with van der Waals surface area (Å²) in [6, 6.07) is 7.09. The van der Waals surface area contributed by atoms with E-state index in [-0.39, 0.29) is 17.8 Å². The molecule has 0 aromatic heterocycles. The number of carbonyl (C=O) groups is 1. The van der Waals surface area contributed by atoms with Gasteiger partial charge < -0.3 is 10.1 Å². The highest BCUT2D eigenvalue weighted by Gasteiger charge is 2.12. The lowest BCUT2D eigenvalue weighted by Gasteiger charge is -2.09. The summed E-state index contributed by atoms with van der Waals surface area (Å²) in [5.74, 6) is -2.90. The Kier molecular flexibility index (Phi) is 4.47. The van der Waals surface area contributed by atoms with Crippen LogP contribution in [0.3, 0.4) is 0 Å². The van der Waals surface area contributed by atoms with Crippen molar-refractivity contribution in [3.05, 3.63) is 65.0 Å². The average molecular weight is 295 g/mol. The van der Waals surface area contributed by atoms with Gasteiger partial charge in [0.15, 0.2) is 0 Å². The fourth-order valence-corrected chi connectivity index (χ4v) is 1.77. The van der Waals surface area contributed by atoms with Crippen LogP contribution in [0, 0.1) is 17.5 Å². The van der Waals surface area contributed by atoms with Gasteiger partial charge in [0.1, 0.15) is 17.5 Å². The van der Waals surface area contributed by atoms with E-state index in [2.05, 4.69) is 10.1 Å². The molecule has 0 bridgehead atoms. The van der Waals surface area contributed by atoms with Crippen molar-refractivity contribution in [2.45, 2.75) is 6.54 Å². The first-order valence-corrected chi connectivity index (χ1v) is 6.07. The topological polar surface area (TPSA) is 38.3 Å². The van der Waals surface area contributed by atoms with Crippen LogP contribution in [0.1, 0.15) is 15.9 Å². The maximum atomic E-state index is 13.7. The van der Waals surface area contributed by atoms with E-state index in [9.17, 15) is 18.0 Å². The van der Waals surface area contributed by atoms with Gasteiger partial charge >= 0.3 is 5.97 Å². The molecule has 2 aromatic rings. The first-order chi connectivity index (χ1) is 10.0. The molecule has 0 aliphatic rings. The van der Waals surface area contributed by atoms with Gasteiger partial charge in [-0.15, -0.1) is 0 Å². The molecule has 2 aromatic carbocycles. The predicted molar refractivity (Wildman–Crippen MR) is 71.4 cm³/mol. The first kappa shape index (κ1) is 14.9. The molecule has 110 valence electrons. The van der Waals surface area contributed by atoms with Gasteiger partial charge in [0, 0.05) is 12.6 Å². The molecule has 0 aliphatic heterocycles. The Morgan fingerprint density at radius 2 is 1.86 bits per heavy atom. The smallest absolute Gasteiger partial charge is 0.340 e. The molecule has 3 nitrogen and oxygen atoms in total. The quantitative estimate of drug-likeness (QED) is 0.877. The van der Waals surface area contributed by atoms with E-state index in [1.54, 1.807) is 0 Å². The normalized spacial score (nSPS) is 10.3. The summed E-state index contributed by atoms with van der Waals surface area (Å²) in [7, 11) is 1.16. The standard InChI is InChI=1S/C15H12F3NO2/c1-21-15(20)11-4-2-9(6-12(11)17)8-19-14-5-3-10(16)7-13(14)18/h2-7,19H,8H2,1H3. The molecular formula is C15H12F3NO2. The van der Waals surface area contributed by atoms with Gasteiger partial charge in [-0.1, -0.05) is 6.07 Å². The molecule has 0 amide bonds. The van der Waals surface area contributed by atoms with Gasteiger partial charge in [-0.2, -0.15) is 0 Å². The summed E-state index contributed by atoms with van der Waals surface area (Å²) in [5, 5.41) is 2.72. The van der Waals surface area contributed by atoms with Crippen molar-refractivity contribution in [2.75, 3.05) is 12.4 Å². The van der Waals surface area contributed by atoms with Crippen LogP contribution in [0.4, 0.5) is 18.9 Å². The third-order valence-corrected chi connectivity index (χ3v) is 2.85. The fraction of sp³-hybridized carbons (Fsp3) is 0.133. The molecule has 1 N–H and O–H groups in total. The Labute approximate surface area is 119 Å². The highest BCUT2D eigenvalue weighted by molar-refractivity contribution is 5.89. The van der Waals surface area contributed by atoms with E-state index in [4.69, 9.17) is 0 Å². The summed E-state index contributed by atoms with van der Waals surface area (Å²) < 4.78 is 44.3. The van der Waals surface area contributed by atoms with Crippen LogP contribution in [-0.4, -0.2) is 13.1 Å². The SMILES string of the molecule is COC(=O)c1ccc(CNc2ccc(F)cc2F)cc1F. The number of carbonyl (C=O) groups excluding carboxylic acids is 1. The van der Waals surface area contributed by atoms with Crippen LogP contribution in [0.15, 0.2) is 36.4 Å². The van der Waals surface area contributed by atoms with Crippen LogP contribution in [-0.2, 0) is 11.3 Å². The Morgan fingerprint density at radius 3 is 2.48 bits per heavy atom. The number of halogens is 3. The van der Waals surface area contributed by atoms with Crippen molar-refractivity contribution in [2.24, 2.45) is 0 Å². The van der Waals surface area contributed by atoms with E-state index in [0.29, 0.717) is 5.56 Å². The molecule has 6 heteroatoms. The Balaban J connectivity index is 2.10. The molecule has 21 heavy (non-hydrogen) atoms. The van der Waals surface area contributed by atoms with Gasteiger partial charge in [-0.25, -0.2) is 18.0 Å². The molecule has 0 fully saturated rings. The van der Waals surface area contributed by atoms with Crippen LogP contribution < -0.4 is 5.32 Å². The number of hydrogen-bond acceptors (Lipinski definition) is 3. The highest BCUT2D eigenvalue weighted by atomic mass is 19.1. The lowest BCUT2D eigenvalue weighted by Crippen LogP contribution is -2.07.